The predicted octanol–water partition coefficient (Wildman–Crippen LogP) is 3.72. The van der Waals surface area contributed by atoms with Crippen LogP contribution in [0.25, 0.3) is 0 Å². The van der Waals surface area contributed by atoms with Gasteiger partial charge in [-0.1, -0.05) is 26.8 Å². The van der Waals surface area contributed by atoms with Crippen molar-refractivity contribution in [3.8, 4) is 5.75 Å². The Kier molecular flexibility index (Phi) is 3.18. The predicted molar refractivity (Wildman–Crippen MR) is 65.4 cm³/mol. The summed E-state index contributed by atoms with van der Waals surface area (Å²) in [6.45, 7) is 10.1. The van der Waals surface area contributed by atoms with Gasteiger partial charge < -0.3 is 5.11 Å². The molecule has 0 spiro atoms. The minimum atomic E-state index is -0.0614. The van der Waals surface area contributed by atoms with Crippen molar-refractivity contribution in [3.05, 3.63) is 23.3 Å². The molecule has 1 aromatic carbocycles. The van der Waals surface area contributed by atoms with Gasteiger partial charge in [-0.3, -0.25) is 4.99 Å². The minimum Gasteiger partial charge on any atom is -0.505 e. The lowest BCUT2D eigenvalue weighted by molar-refractivity contribution is 0.448. The number of aromatic hydroxyl groups is 1. The van der Waals surface area contributed by atoms with E-state index in [-0.39, 0.29) is 5.41 Å². The summed E-state index contributed by atoms with van der Waals surface area (Å²) in [7, 11) is 0. The molecular weight excluding hydrogens is 186 g/mol. The summed E-state index contributed by atoms with van der Waals surface area (Å²) in [5.41, 5.74) is 2.66. The minimum absolute atomic E-state index is 0.0614. The van der Waals surface area contributed by atoms with Crippen molar-refractivity contribution in [3.63, 3.8) is 0 Å². The van der Waals surface area contributed by atoms with E-state index in [1.54, 1.807) is 6.21 Å². The molecule has 0 saturated carbocycles. The molecule has 2 heteroatoms. The third-order valence-electron chi connectivity index (χ3n) is 2.31. The zero-order valence-electron chi connectivity index (χ0n) is 10.1. The van der Waals surface area contributed by atoms with Crippen LogP contribution in [-0.2, 0) is 5.41 Å². The van der Waals surface area contributed by atoms with Crippen molar-refractivity contribution in [1.29, 1.82) is 0 Å². The van der Waals surface area contributed by atoms with Crippen LogP contribution in [0.2, 0.25) is 0 Å². The first-order valence-electron chi connectivity index (χ1n) is 5.19. The van der Waals surface area contributed by atoms with Gasteiger partial charge in [0, 0.05) is 11.8 Å². The van der Waals surface area contributed by atoms with Crippen molar-refractivity contribution < 1.29 is 5.11 Å². The van der Waals surface area contributed by atoms with Gasteiger partial charge in [0.25, 0.3) is 0 Å². The van der Waals surface area contributed by atoms with Crippen molar-refractivity contribution in [2.24, 2.45) is 4.99 Å². The molecule has 0 bridgehead atoms. The van der Waals surface area contributed by atoms with Gasteiger partial charge in [-0.05, 0) is 30.9 Å². The normalized spacial score (nSPS) is 12.3. The maximum Gasteiger partial charge on any atom is 0.144 e. The Balaban J connectivity index is 3.41. The molecule has 0 aliphatic rings. The number of aliphatic imine (C=N–C) groups is 1. The topological polar surface area (TPSA) is 32.6 Å². The van der Waals surface area contributed by atoms with E-state index in [2.05, 4.69) is 25.8 Å². The van der Waals surface area contributed by atoms with E-state index in [9.17, 15) is 5.11 Å². The van der Waals surface area contributed by atoms with E-state index >= 15 is 0 Å². The second-order valence-corrected chi connectivity index (χ2v) is 4.82. The standard InChI is InChI=1S/C13H19NO/c1-6-14-11-8-9(2)7-10(12(11)15)13(3,4)5/h6-8,15H,1-5H3. The lowest BCUT2D eigenvalue weighted by atomic mass is 9.85. The van der Waals surface area contributed by atoms with E-state index in [1.165, 1.54) is 0 Å². The molecular formula is C13H19NO. The first-order chi connectivity index (χ1) is 6.86. The van der Waals surface area contributed by atoms with E-state index in [4.69, 9.17) is 0 Å². The van der Waals surface area contributed by atoms with Gasteiger partial charge in [0.15, 0.2) is 0 Å². The molecule has 0 aliphatic heterocycles. The first kappa shape index (κ1) is 11.8. The molecule has 15 heavy (non-hydrogen) atoms. The number of rotatable bonds is 1. The molecule has 0 atom stereocenters. The lowest BCUT2D eigenvalue weighted by Gasteiger charge is -2.21. The summed E-state index contributed by atoms with van der Waals surface area (Å²) in [5.74, 6) is 0.297. The van der Waals surface area contributed by atoms with Gasteiger partial charge in [0.1, 0.15) is 11.4 Å². The van der Waals surface area contributed by atoms with Crippen LogP contribution in [0.4, 0.5) is 5.69 Å². The maximum absolute atomic E-state index is 10.1. The molecule has 2 nitrogen and oxygen atoms in total. The highest BCUT2D eigenvalue weighted by Gasteiger charge is 2.20. The SMILES string of the molecule is CC=Nc1cc(C)cc(C(C)(C)C)c1O. The maximum atomic E-state index is 10.1. The largest absolute Gasteiger partial charge is 0.505 e. The number of phenols is 1. The monoisotopic (exact) mass is 205 g/mol. The molecule has 1 rings (SSSR count). The van der Waals surface area contributed by atoms with Crippen LogP contribution >= 0.6 is 0 Å². The Hall–Kier alpha value is -1.31. The highest BCUT2D eigenvalue weighted by molar-refractivity contribution is 5.67. The van der Waals surface area contributed by atoms with Crippen LogP contribution in [0.3, 0.4) is 0 Å². The summed E-state index contributed by atoms with van der Waals surface area (Å²) in [6.07, 6.45) is 1.70. The van der Waals surface area contributed by atoms with E-state index in [1.807, 2.05) is 26.0 Å². The average molecular weight is 205 g/mol. The fourth-order valence-corrected chi connectivity index (χ4v) is 1.57. The second kappa shape index (κ2) is 4.05. The van der Waals surface area contributed by atoms with Crippen LogP contribution in [-0.4, -0.2) is 11.3 Å². The van der Waals surface area contributed by atoms with Crippen molar-refractivity contribution >= 4 is 11.9 Å². The van der Waals surface area contributed by atoms with Gasteiger partial charge >= 0.3 is 0 Å². The van der Waals surface area contributed by atoms with E-state index < -0.39 is 0 Å². The smallest absolute Gasteiger partial charge is 0.144 e. The molecule has 0 aromatic heterocycles. The lowest BCUT2D eigenvalue weighted by Crippen LogP contribution is -2.11. The van der Waals surface area contributed by atoms with Crippen LogP contribution in [0.15, 0.2) is 17.1 Å². The molecule has 1 aromatic rings. The molecule has 0 aliphatic carbocycles. The number of benzene rings is 1. The number of aryl methyl sites for hydroxylation is 1. The Morgan fingerprint density at radius 3 is 2.33 bits per heavy atom. The van der Waals surface area contributed by atoms with E-state index in [0.29, 0.717) is 11.4 Å². The first-order valence-corrected chi connectivity index (χ1v) is 5.19. The number of phenolic OH excluding ortho intramolecular Hbond substituents is 1. The van der Waals surface area contributed by atoms with Crippen LogP contribution < -0.4 is 0 Å². The number of hydrogen-bond acceptors (Lipinski definition) is 2. The zero-order chi connectivity index (χ0) is 11.6. The fraction of sp³-hybridized carbons (Fsp3) is 0.462. The highest BCUT2D eigenvalue weighted by Crippen LogP contribution is 2.38. The Morgan fingerprint density at radius 2 is 1.87 bits per heavy atom. The molecule has 0 unspecified atom stereocenters. The molecule has 0 heterocycles. The third-order valence-corrected chi connectivity index (χ3v) is 2.31. The fourth-order valence-electron chi connectivity index (χ4n) is 1.57. The molecule has 0 fully saturated rings. The van der Waals surface area contributed by atoms with Crippen LogP contribution in [0.5, 0.6) is 5.75 Å². The Morgan fingerprint density at radius 1 is 1.27 bits per heavy atom. The molecule has 82 valence electrons. The van der Waals surface area contributed by atoms with Gasteiger partial charge in [-0.15, -0.1) is 0 Å². The highest BCUT2D eigenvalue weighted by atomic mass is 16.3. The summed E-state index contributed by atoms with van der Waals surface area (Å²) < 4.78 is 0. The molecule has 0 saturated heterocycles. The quantitative estimate of drug-likeness (QED) is 0.696. The Bertz CT molecular complexity index is 386. The van der Waals surface area contributed by atoms with Gasteiger partial charge in [-0.25, -0.2) is 0 Å². The van der Waals surface area contributed by atoms with Crippen molar-refractivity contribution in [2.45, 2.75) is 40.0 Å². The average Bonchev–Trinajstić information content (AvgIpc) is 2.09. The molecule has 1 N–H and O–H groups in total. The van der Waals surface area contributed by atoms with Crippen molar-refractivity contribution in [2.75, 3.05) is 0 Å². The number of hydrogen-bond donors (Lipinski definition) is 1. The number of nitrogens with zero attached hydrogens (tertiary/aromatic N) is 1. The zero-order valence-corrected chi connectivity index (χ0v) is 10.1. The Labute approximate surface area is 91.7 Å². The van der Waals surface area contributed by atoms with Gasteiger partial charge in [0.05, 0.1) is 0 Å². The summed E-state index contributed by atoms with van der Waals surface area (Å²) >= 11 is 0. The van der Waals surface area contributed by atoms with Crippen LogP contribution in [0, 0.1) is 6.92 Å². The summed E-state index contributed by atoms with van der Waals surface area (Å²) in [5, 5.41) is 10.1. The van der Waals surface area contributed by atoms with E-state index in [0.717, 1.165) is 11.1 Å². The van der Waals surface area contributed by atoms with Gasteiger partial charge in [-0.2, -0.15) is 0 Å². The summed E-state index contributed by atoms with van der Waals surface area (Å²) in [4.78, 5) is 4.17. The van der Waals surface area contributed by atoms with Crippen LogP contribution in [0.1, 0.15) is 38.8 Å². The van der Waals surface area contributed by atoms with Crippen molar-refractivity contribution in [1.82, 2.24) is 0 Å². The summed E-state index contributed by atoms with van der Waals surface area (Å²) in [6, 6.07) is 3.91. The van der Waals surface area contributed by atoms with Gasteiger partial charge in [0.2, 0.25) is 0 Å². The third kappa shape index (κ3) is 2.58. The molecule has 0 amide bonds. The second-order valence-electron chi connectivity index (χ2n) is 4.82. The molecule has 0 radical (unpaired) electrons.